The lowest BCUT2D eigenvalue weighted by molar-refractivity contribution is 0.0908. The van der Waals surface area contributed by atoms with Crippen LogP contribution in [0.4, 0.5) is 0 Å². The van der Waals surface area contributed by atoms with E-state index in [0.29, 0.717) is 11.6 Å². The molecule has 6 heteroatoms. The number of nitrogen functional groups attached to an aromatic ring is 1. The molecule has 1 fully saturated rings. The van der Waals surface area contributed by atoms with E-state index in [-0.39, 0.29) is 5.91 Å². The number of rotatable bonds is 7. The number of hydrazine groups is 1. The second-order valence-electron chi connectivity index (χ2n) is 7.39. The van der Waals surface area contributed by atoms with Crippen molar-refractivity contribution >= 4 is 5.91 Å². The van der Waals surface area contributed by atoms with Crippen LogP contribution in [0.5, 0.6) is 5.75 Å². The third kappa shape index (κ3) is 5.10. The van der Waals surface area contributed by atoms with Crippen LogP contribution in [0.3, 0.4) is 0 Å². The van der Waals surface area contributed by atoms with Gasteiger partial charge in [0, 0.05) is 37.8 Å². The van der Waals surface area contributed by atoms with E-state index < -0.39 is 0 Å². The number of nitrogens with one attached hydrogen (secondary N) is 1. The average Bonchev–Trinajstić information content (AvgIpc) is 2.73. The third-order valence-electron chi connectivity index (χ3n) is 5.49. The number of nitrogens with zero attached hydrogens (tertiary/aromatic N) is 2. The van der Waals surface area contributed by atoms with Crippen molar-refractivity contribution in [2.75, 3.05) is 40.3 Å². The van der Waals surface area contributed by atoms with Crippen LogP contribution in [0.25, 0.3) is 0 Å². The normalized spacial score (nSPS) is 18.0. The summed E-state index contributed by atoms with van der Waals surface area (Å²) in [6, 6.07) is 16.4. The summed E-state index contributed by atoms with van der Waals surface area (Å²) in [6.07, 6.45) is 1.93. The van der Waals surface area contributed by atoms with Crippen molar-refractivity contribution in [2.45, 2.75) is 18.9 Å². The van der Waals surface area contributed by atoms with Gasteiger partial charge in [-0.3, -0.25) is 15.1 Å². The zero-order chi connectivity index (χ0) is 19.9. The molecule has 28 heavy (non-hydrogen) atoms. The van der Waals surface area contributed by atoms with E-state index >= 15 is 0 Å². The summed E-state index contributed by atoms with van der Waals surface area (Å²) in [4.78, 5) is 16.6. The Kier molecular flexibility index (Phi) is 7.03. The molecule has 2 aromatic rings. The second-order valence-corrected chi connectivity index (χ2v) is 7.39. The lowest BCUT2D eigenvalue weighted by Gasteiger charge is -2.40. The second kappa shape index (κ2) is 9.68. The summed E-state index contributed by atoms with van der Waals surface area (Å²) in [7, 11) is 3.91. The fourth-order valence-corrected chi connectivity index (χ4v) is 3.86. The quantitative estimate of drug-likeness (QED) is 0.433. The van der Waals surface area contributed by atoms with E-state index in [1.165, 1.54) is 11.1 Å². The molecule has 0 spiro atoms. The average molecular weight is 383 g/mol. The maximum absolute atomic E-state index is 11.6. The zero-order valence-corrected chi connectivity index (χ0v) is 16.7. The zero-order valence-electron chi connectivity index (χ0n) is 16.7. The van der Waals surface area contributed by atoms with Crippen molar-refractivity contribution < 1.29 is 9.53 Å². The molecule has 1 saturated heterocycles. The molecule has 1 amide bonds. The number of nitrogens with two attached hydrogens (primary N) is 1. The number of carbonyl (C=O) groups excluding carboxylic acids is 1. The SMILES string of the molecule is COc1ccccc1CCN1CCN(C)CC1Cc1ccc(C(=O)NN)cc1. The molecule has 0 radical (unpaired) electrons. The Hall–Kier alpha value is -2.41. The number of hydrogen-bond acceptors (Lipinski definition) is 5. The molecule has 6 nitrogen and oxygen atoms in total. The largest absolute Gasteiger partial charge is 0.496 e. The van der Waals surface area contributed by atoms with Crippen LogP contribution in [0.2, 0.25) is 0 Å². The summed E-state index contributed by atoms with van der Waals surface area (Å²) in [6.45, 7) is 4.19. The fraction of sp³-hybridized carbons (Fsp3) is 0.409. The first kappa shape index (κ1) is 20.3. The van der Waals surface area contributed by atoms with E-state index in [2.05, 4.69) is 34.4 Å². The van der Waals surface area contributed by atoms with E-state index in [9.17, 15) is 4.79 Å². The van der Waals surface area contributed by atoms with Gasteiger partial charge in [-0.2, -0.15) is 0 Å². The number of benzene rings is 2. The summed E-state index contributed by atoms with van der Waals surface area (Å²) < 4.78 is 5.50. The summed E-state index contributed by atoms with van der Waals surface area (Å²) >= 11 is 0. The molecule has 0 aliphatic carbocycles. The van der Waals surface area contributed by atoms with E-state index in [1.54, 1.807) is 7.11 Å². The summed E-state index contributed by atoms with van der Waals surface area (Å²) in [5, 5.41) is 0. The number of ether oxygens (including phenoxy) is 1. The lowest BCUT2D eigenvalue weighted by atomic mass is 10.00. The highest BCUT2D eigenvalue weighted by Gasteiger charge is 2.25. The maximum Gasteiger partial charge on any atom is 0.265 e. The Bertz CT molecular complexity index is 778. The van der Waals surface area contributed by atoms with Crippen molar-refractivity contribution in [3.05, 3.63) is 65.2 Å². The first-order chi connectivity index (χ1) is 13.6. The minimum Gasteiger partial charge on any atom is -0.496 e. The number of hydrogen-bond donors (Lipinski definition) is 2. The minimum absolute atomic E-state index is 0.262. The Balaban J connectivity index is 1.66. The standard InChI is InChI=1S/C22H30N4O2/c1-25-13-14-26(12-11-18-5-3-4-6-21(18)28-2)20(16-25)15-17-7-9-19(10-8-17)22(27)24-23/h3-10,20H,11-16,23H2,1-2H3,(H,24,27). The first-order valence-electron chi connectivity index (χ1n) is 9.75. The Morgan fingerprint density at radius 2 is 1.93 bits per heavy atom. The number of para-hydroxylation sites is 1. The van der Waals surface area contributed by atoms with E-state index in [0.717, 1.165) is 44.8 Å². The molecule has 1 atom stereocenters. The van der Waals surface area contributed by atoms with Crippen LogP contribution in [0, 0.1) is 0 Å². The molecular weight excluding hydrogens is 352 g/mol. The highest BCUT2D eigenvalue weighted by Crippen LogP contribution is 2.20. The number of carbonyl (C=O) groups is 1. The molecule has 0 aromatic heterocycles. The predicted octanol–water partition coefficient (Wildman–Crippen LogP) is 1.70. The van der Waals surface area contributed by atoms with Gasteiger partial charge < -0.3 is 9.64 Å². The topological polar surface area (TPSA) is 70.8 Å². The Labute approximate surface area is 167 Å². The van der Waals surface area contributed by atoms with Gasteiger partial charge in [-0.05, 0) is 49.2 Å². The van der Waals surface area contributed by atoms with Crippen molar-refractivity contribution in [3.63, 3.8) is 0 Å². The van der Waals surface area contributed by atoms with Gasteiger partial charge in [-0.1, -0.05) is 30.3 Å². The molecule has 1 aliphatic rings. The van der Waals surface area contributed by atoms with Crippen LogP contribution < -0.4 is 16.0 Å². The van der Waals surface area contributed by atoms with Crippen LogP contribution in [-0.4, -0.2) is 62.1 Å². The molecule has 3 rings (SSSR count). The number of piperazine rings is 1. The Morgan fingerprint density at radius 1 is 1.18 bits per heavy atom. The monoisotopic (exact) mass is 382 g/mol. The highest BCUT2D eigenvalue weighted by molar-refractivity contribution is 5.93. The maximum atomic E-state index is 11.6. The van der Waals surface area contributed by atoms with Gasteiger partial charge in [0.25, 0.3) is 5.91 Å². The molecule has 3 N–H and O–H groups in total. The Morgan fingerprint density at radius 3 is 2.64 bits per heavy atom. The van der Waals surface area contributed by atoms with E-state index in [1.807, 2.05) is 36.4 Å². The molecule has 1 heterocycles. The van der Waals surface area contributed by atoms with Crippen LogP contribution in [-0.2, 0) is 12.8 Å². The van der Waals surface area contributed by atoms with Crippen LogP contribution in [0.15, 0.2) is 48.5 Å². The molecule has 0 bridgehead atoms. The molecule has 1 unspecified atom stereocenters. The van der Waals surface area contributed by atoms with Crippen molar-refractivity contribution in [1.82, 2.24) is 15.2 Å². The van der Waals surface area contributed by atoms with Gasteiger partial charge in [0.15, 0.2) is 0 Å². The van der Waals surface area contributed by atoms with E-state index in [4.69, 9.17) is 10.6 Å². The first-order valence-corrected chi connectivity index (χ1v) is 9.75. The van der Waals surface area contributed by atoms with Crippen molar-refractivity contribution in [2.24, 2.45) is 5.84 Å². The van der Waals surface area contributed by atoms with Crippen molar-refractivity contribution in [3.8, 4) is 5.75 Å². The highest BCUT2D eigenvalue weighted by atomic mass is 16.5. The summed E-state index contributed by atoms with van der Waals surface area (Å²) in [5.41, 5.74) is 5.24. The minimum atomic E-state index is -0.262. The molecule has 150 valence electrons. The van der Waals surface area contributed by atoms with Gasteiger partial charge in [0.05, 0.1) is 7.11 Å². The molecule has 2 aromatic carbocycles. The molecule has 1 aliphatic heterocycles. The van der Waals surface area contributed by atoms with Gasteiger partial charge in [-0.15, -0.1) is 0 Å². The van der Waals surface area contributed by atoms with Gasteiger partial charge in [-0.25, -0.2) is 5.84 Å². The number of methoxy groups -OCH3 is 1. The lowest BCUT2D eigenvalue weighted by Crippen LogP contribution is -2.53. The van der Waals surface area contributed by atoms with Gasteiger partial charge in [0.1, 0.15) is 5.75 Å². The number of amides is 1. The van der Waals surface area contributed by atoms with Gasteiger partial charge >= 0.3 is 0 Å². The fourth-order valence-electron chi connectivity index (χ4n) is 3.86. The van der Waals surface area contributed by atoms with Crippen LogP contribution >= 0.6 is 0 Å². The smallest absolute Gasteiger partial charge is 0.265 e. The predicted molar refractivity (Wildman–Crippen MR) is 111 cm³/mol. The summed E-state index contributed by atoms with van der Waals surface area (Å²) in [5.74, 6) is 5.90. The van der Waals surface area contributed by atoms with Crippen molar-refractivity contribution in [1.29, 1.82) is 0 Å². The number of likely N-dealkylation sites (N-methyl/N-ethyl adjacent to an activating group) is 1. The van der Waals surface area contributed by atoms with Crippen LogP contribution in [0.1, 0.15) is 21.5 Å². The molecular formula is C22H30N4O2. The molecule has 0 saturated carbocycles. The third-order valence-corrected chi connectivity index (χ3v) is 5.49. The van der Waals surface area contributed by atoms with Gasteiger partial charge in [0.2, 0.25) is 0 Å².